The van der Waals surface area contributed by atoms with Crippen LogP contribution in [0.5, 0.6) is 0 Å². The van der Waals surface area contributed by atoms with Crippen molar-refractivity contribution in [1.29, 1.82) is 0 Å². The molecule has 1 aromatic carbocycles. The van der Waals surface area contributed by atoms with Crippen LogP contribution in [0.3, 0.4) is 0 Å². The Morgan fingerprint density at radius 2 is 1.81 bits per heavy atom. The van der Waals surface area contributed by atoms with Gasteiger partial charge in [0.25, 0.3) is 0 Å². The summed E-state index contributed by atoms with van der Waals surface area (Å²) < 4.78 is 27.6. The lowest BCUT2D eigenvalue weighted by molar-refractivity contribution is -0.117. The third-order valence-electron chi connectivity index (χ3n) is 4.36. The monoisotopic (exact) mass is 393 g/mol. The van der Waals surface area contributed by atoms with Gasteiger partial charge in [-0.2, -0.15) is 0 Å². The summed E-state index contributed by atoms with van der Waals surface area (Å²) in [5.41, 5.74) is 1.45. The van der Waals surface area contributed by atoms with Crippen LogP contribution >= 0.6 is 0 Å². The number of anilines is 1. The maximum absolute atomic E-state index is 12.2. The van der Waals surface area contributed by atoms with E-state index in [1.165, 1.54) is 24.3 Å². The Kier molecular flexibility index (Phi) is 5.90. The summed E-state index contributed by atoms with van der Waals surface area (Å²) >= 11 is 0. The molecule has 2 aromatic rings. The molecule has 0 atom stereocenters. The van der Waals surface area contributed by atoms with Gasteiger partial charge in [-0.1, -0.05) is 5.16 Å². The number of carbonyl (C=O) groups is 1. The van der Waals surface area contributed by atoms with Gasteiger partial charge in [0.1, 0.15) is 5.76 Å². The Morgan fingerprint density at radius 3 is 2.37 bits per heavy atom. The van der Waals surface area contributed by atoms with Crippen LogP contribution in [0.4, 0.5) is 5.69 Å². The molecule has 1 saturated heterocycles. The number of nitrogens with one attached hydrogen (secondary N) is 1. The summed E-state index contributed by atoms with van der Waals surface area (Å²) in [6.45, 7) is 6.17. The molecule has 2 heterocycles. The molecule has 0 saturated carbocycles. The quantitative estimate of drug-likeness (QED) is 0.728. The summed E-state index contributed by atoms with van der Waals surface area (Å²) in [5, 5.41) is 11.8. The van der Waals surface area contributed by atoms with Crippen LogP contribution in [-0.2, 0) is 21.4 Å². The zero-order valence-electron chi connectivity index (χ0n) is 15.1. The molecule has 1 aliphatic heterocycles. The first-order valence-electron chi connectivity index (χ1n) is 8.59. The molecule has 1 fully saturated rings. The van der Waals surface area contributed by atoms with Crippen LogP contribution in [0.1, 0.15) is 11.5 Å². The van der Waals surface area contributed by atoms with Crippen molar-refractivity contribution >= 4 is 21.6 Å². The minimum absolute atomic E-state index is 0.0129. The van der Waals surface area contributed by atoms with Crippen molar-refractivity contribution in [1.82, 2.24) is 15.0 Å². The number of carbonyl (C=O) groups excluding carboxylic acids is 1. The standard InChI is InChI=1S/C17H23N5O4S/c1-13-10-15(20-26-13)11-21-6-8-22(9-7-21)12-17(23)19-14-2-4-16(5-3-14)27(18,24)25/h2-5,10H,6-9,11-12H2,1H3,(H,19,23)(H2,18,24,25). The van der Waals surface area contributed by atoms with Crippen molar-refractivity contribution in [3.63, 3.8) is 0 Å². The Hall–Kier alpha value is -2.27. The van der Waals surface area contributed by atoms with Crippen LogP contribution in [0.25, 0.3) is 0 Å². The molecule has 10 heteroatoms. The number of nitrogens with two attached hydrogens (primary N) is 1. The lowest BCUT2D eigenvalue weighted by Gasteiger charge is -2.33. The summed E-state index contributed by atoms with van der Waals surface area (Å²) in [7, 11) is -3.73. The average molecular weight is 393 g/mol. The second-order valence-corrected chi connectivity index (χ2v) is 8.16. The van der Waals surface area contributed by atoms with E-state index in [4.69, 9.17) is 9.66 Å². The number of sulfonamides is 1. The molecule has 1 amide bonds. The highest BCUT2D eigenvalue weighted by molar-refractivity contribution is 7.89. The molecular weight excluding hydrogens is 370 g/mol. The number of benzene rings is 1. The van der Waals surface area contributed by atoms with Gasteiger partial charge in [0.05, 0.1) is 17.1 Å². The number of hydrogen-bond acceptors (Lipinski definition) is 7. The number of primary sulfonamides is 1. The Bertz CT molecular complexity index is 886. The lowest BCUT2D eigenvalue weighted by atomic mass is 10.2. The molecule has 0 radical (unpaired) electrons. The zero-order valence-corrected chi connectivity index (χ0v) is 15.9. The van der Waals surface area contributed by atoms with Gasteiger partial charge in [0.2, 0.25) is 15.9 Å². The number of piperazine rings is 1. The van der Waals surface area contributed by atoms with Gasteiger partial charge < -0.3 is 9.84 Å². The van der Waals surface area contributed by atoms with E-state index in [9.17, 15) is 13.2 Å². The summed E-state index contributed by atoms with van der Waals surface area (Å²) in [6, 6.07) is 7.72. The maximum atomic E-state index is 12.2. The lowest BCUT2D eigenvalue weighted by Crippen LogP contribution is -2.48. The Labute approximate surface area is 158 Å². The summed E-state index contributed by atoms with van der Waals surface area (Å²) in [5.74, 6) is 0.663. The van der Waals surface area contributed by atoms with Crippen LogP contribution < -0.4 is 10.5 Å². The molecular formula is C17H23N5O4S. The minimum atomic E-state index is -3.73. The number of rotatable bonds is 6. The molecule has 146 valence electrons. The number of nitrogens with zero attached hydrogens (tertiary/aromatic N) is 3. The molecule has 3 rings (SSSR count). The minimum Gasteiger partial charge on any atom is -0.361 e. The molecule has 1 aliphatic rings. The fourth-order valence-corrected chi connectivity index (χ4v) is 3.47. The molecule has 0 aliphatic carbocycles. The molecule has 3 N–H and O–H groups in total. The van der Waals surface area contributed by atoms with Gasteiger partial charge in [-0.25, -0.2) is 13.6 Å². The molecule has 27 heavy (non-hydrogen) atoms. The van der Waals surface area contributed by atoms with Gasteiger partial charge in [0.15, 0.2) is 0 Å². The summed E-state index contributed by atoms with van der Waals surface area (Å²) in [6.07, 6.45) is 0. The highest BCUT2D eigenvalue weighted by atomic mass is 32.2. The van der Waals surface area contributed by atoms with Crippen molar-refractivity contribution in [2.75, 3.05) is 38.0 Å². The Morgan fingerprint density at radius 1 is 1.19 bits per heavy atom. The molecule has 0 spiro atoms. The highest BCUT2D eigenvalue weighted by Crippen LogP contribution is 2.13. The van der Waals surface area contributed by atoms with Crippen LogP contribution in [0.15, 0.2) is 39.8 Å². The van der Waals surface area contributed by atoms with E-state index in [0.29, 0.717) is 5.69 Å². The first kappa shape index (κ1) is 19.5. The number of aryl methyl sites for hydroxylation is 1. The third-order valence-corrected chi connectivity index (χ3v) is 5.29. The van der Waals surface area contributed by atoms with Gasteiger partial charge in [-0.05, 0) is 31.2 Å². The smallest absolute Gasteiger partial charge is 0.238 e. The number of hydrogen-bond donors (Lipinski definition) is 2. The van der Waals surface area contributed by atoms with E-state index in [-0.39, 0.29) is 17.3 Å². The predicted octanol–water partition coefficient (Wildman–Crippen LogP) is 0.387. The largest absolute Gasteiger partial charge is 0.361 e. The Balaban J connectivity index is 1.44. The van der Waals surface area contributed by atoms with Gasteiger partial charge in [-0.15, -0.1) is 0 Å². The van der Waals surface area contributed by atoms with Crippen LogP contribution in [0, 0.1) is 6.92 Å². The predicted molar refractivity (Wildman–Crippen MR) is 99.4 cm³/mol. The van der Waals surface area contributed by atoms with E-state index in [0.717, 1.165) is 44.2 Å². The molecule has 0 unspecified atom stereocenters. The second kappa shape index (κ2) is 8.17. The molecule has 1 aromatic heterocycles. The van der Waals surface area contributed by atoms with Crippen LogP contribution in [0.2, 0.25) is 0 Å². The van der Waals surface area contributed by atoms with E-state index in [1.807, 2.05) is 13.0 Å². The van der Waals surface area contributed by atoms with Crippen molar-refractivity contribution in [2.24, 2.45) is 5.14 Å². The van der Waals surface area contributed by atoms with E-state index in [1.54, 1.807) is 0 Å². The van der Waals surface area contributed by atoms with Crippen molar-refractivity contribution in [3.05, 3.63) is 41.8 Å². The van der Waals surface area contributed by atoms with E-state index < -0.39 is 10.0 Å². The van der Waals surface area contributed by atoms with Gasteiger partial charge >= 0.3 is 0 Å². The van der Waals surface area contributed by atoms with E-state index >= 15 is 0 Å². The number of amides is 1. The first-order chi connectivity index (χ1) is 12.8. The topological polar surface area (TPSA) is 122 Å². The van der Waals surface area contributed by atoms with Gasteiger partial charge in [-0.3, -0.25) is 14.6 Å². The SMILES string of the molecule is Cc1cc(CN2CCN(CC(=O)Nc3ccc(S(N)(=O)=O)cc3)CC2)no1. The summed E-state index contributed by atoms with van der Waals surface area (Å²) in [4.78, 5) is 16.6. The van der Waals surface area contributed by atoms with Crippen molar-refractivity contribution in [3.8, 4) is 0 Å². The second-order valence-electron chi connectivity index (χ2n) is 6.60. The number of aromatic nitrogens is 1. The maximum Gasteiger partial charge on any atom is 0.238 e. The van der Waals surface area contributed by atoms with Crippen molar-refractivity contribution < 1.29 is 17.7 Å². The normalized spacial score (nSPS) is 16.4. The average Bonchev–Trinajstić information content (AvgIpc) is 3.01. The zero-order chi connectivity index (χ0) is 19.4. The third kappa shape index (κ3) is 5.60. The first-order valence-corrected chi connectivity index (χ1v) is 10.1. The molecule has 9 nitrogen and oxygen atoms in total. The van der Waals surface area contributed by atoms with E-state index in [2.05, 4.69) is 20.3 Å². The highest BCUT2D eigenvalue weighted by Gasteiger charge is 2.20. The fourth-order valence-electron chi connectivity index (χ4n) is 2.96. The van der Waals surface area contributed by atoms with Crippen LogP contribution in [-0.4, -0.2) is 62.0 Å². The molecule has 0 bridgehead atoms. The fraction of sp³-hybridized carbons (Fsp3) is 0.412. The van der Waals surface area contributed by atoms with Crippen molar-refractivity contribution in [2.45, 2.75) is 18.4 Å². The van der Waals surface area contributed by atoms with Gasteiger partial charge in [0, 0.05) is 44.5 Å².